The van der Waals surface area contributed by atoms with Gasteiger partial charge in [0.2, 0.25) is 0 Å². The quantitative estimate of drug-likeness (QED) is 0.775. The maximum Gasteiger partial charge on any atom is 0.128 e. The predicted octanol–water partition coefficient (Wildman–Crippen LogP) is 1.95. The van der Waals surface area contributed by atoms with Crippen molar-refractivity contribution in [2.24, 2.45) is 5.73 Å². The second-order valence-electron chi connectivity index (χ2n) is 3.54. The van der Waals surface area contributed by atoms with E-state index in [0.29, 0.717) is 4.99 Å². The van der Waals surface area contributed by atoms with Crippen LogP contribution in [-0.4, -0.2) is 23.6 Å². The molecule has 0 unspecified atom stereocenters. The second kappa shape index (κ2) is 5.66. The molecule has 0 atom stereocenters. The van der Waals surface area contributed by atoms with E-state index in [0.717, 1.165) is 24.3 Å². The zero-order valence-electron chi connectivity index (χ0n) is 9.23. The van der Waals surface area contributed by atoms with E-state index < -0.39 is 0 Å². The third kappa shape index (κ3) is 3.47. The third-order valence-electron chi connectivity index (χ3n) is 2.27. The van der Waals surface area contributed by atoms with E-state index >= 15 is 0 Å². The summed E-state index contributed by atoms with van der Waals surface area (Å²) >= 11 is 4.93. The van der Waals surface area contributed by atoms with Gasteiger partial charge in [-0.2, -0.15) is 0 Å². The number of nitrogens with zero attached hydrogens (tertiary/aromatic N) is 2. The molecule has 1 heterocycles. The fourth-order valence-electron chi connectivity index (χ4n) is 1.29. The summed E-state index contributed by atoms with van der Waals surface area (Å²) in [5, 5.41) is 0. The van der Waals surface area contributed by atoms with Crippen LogP contribution in [0, 0.1) is 0 Å². The molecule has 3 nitrogen and oxygen atoms in total. The minimum Gasteiger partial charge on any atom is -0.389 e. The number of unbranched alkanes of at least 4 members (excludes halogenated alkanes) is 1. The van der Waals surface area contributed by atoms with Crippen LogP contribution in [0.15, 0.2) is 18.3 Å². The number of pyridine rings is 1. The van der Waals surface area contributed by atoms with Gasteiger partial charge in [-0.25, -0.2) is 4.98 Å². The van der Waals surface area contributed by atoms with Crippen LogP contribution in [0.2, 0.25) is 0 Å². The molecule has 1 rings (SSSR count). The molecule has 0 aliphatic carbocycles. The maximum atomic E-state index is 5.57. The highest BCUT2D eigenvalue weighted by Gasteiger charge is 2.03. The van der Waals surface area contributed by atoms with Crippen LogP contribution in [0.4, 0.5) is 5.82 Å². The fraction of sp³-hybridized carbons (Fsp3) is 0.455. The van der Waals surface area contributed by atoms with Crippen LogP contribution < -0.4 is 10.6 Å². The molecule has 0 saturated carbocycles. The molecular formula is C11H17N3S. The van der Waals surface area contributed by atoms with Gasteiger partial charge >= 0.3 is 0 Å². The first kappa shape index (κ1) is 11.9. The van der Waals surface area contributed by atoms with E-state index in [-0.39, 0.29) is 0 Å². The first-order valence-corrected chi connectivity index (χ1v) is 5.53. The average molecular weight is 223 g/mol. The standard InChI is InChI=1S/C11H17N3S/c1-3-4-7-14(2)10-8-9(11(12)15)5-6-13-10/h5-6,8H,3-4,7H2,1-2H3,(H2,12,15). The van der Waals surface area contributed by atoms with Gasteiger partial charge in [0.15, 0.2) is 0 Å². The summed E-state index contributed by atoms with van der Waals surface area (Å²) in [5.74, 6) is 0.925. The summed E-state index contributed by atoms with van der Waals surface area (Å²) in [5.41, 5.74) is 6.44. The van der Waals surface area contributed by atoms with E-state index in [1.54, 1.807) is 6.20 Å². The van der Waals surface area contributed by atoms with Crippen molar-refractivity contribution in [3.63, 3.8) is 0 Å². The molecule has 0 saturated heterocycles. The molecule has 82 valence electrons. The molecule has 0 spiro atoms. The first-order valence-electron chi connectivity index (χ1n) is 5.12. The Morgan fingerprint density at radius 2 is 2.33 bits per heavy atom. The molecule has 0 aliphatic rings. The van der Waals surface area contributed by atoms with Gasteiger partial charge in [0.1, 0.15) is 10.8 Å². The van der Waals surface area contributed by atoms with Crippen LogP contribution >= 0.6 is 12.2 Å². The highest BCUT2D eigenvalue weighted by Crippen LogP contribution is 2.11. The first-order chi connectivity index (χ1) is 7.15. The summed E-state index contributed by atoms with van der Waals surface area (Å²) in [6.45, 7) is 3.18. The summed E-state index contributed by atoms with van der Waals surface area (Å²) in [7, 11) is 2.03. The lowest BCUT2D eigenvalue weighted by Gasteiger charge is -2.18. The Morgan fingerprint density at radius 3 is 2.93 bits per heavy atom. The number of rotatable bonds is 5. The number of nitrogens with two attached hydrogens (primary N) is 1. The fourth-order valence-corrected chi connectivity index (χ4v) is 1.42. The van der Waals surface area contributed by atoms with Crippen LogP contribution in [0.5, 0.6) is 0 Å². The van der Waals surface area contributed by atoms with Gasteiger partial charge < -0.3 is 10.6 Å². The van der Waals surface area contributed by atoms with Crippen molar-refractivity contribution < 1.29 is 0 Å². The third-order valence-corrected chi connectivity index (χ3v) is 2.50. The summed E-state index contributed by atoms with van der Waals surface area (Å²) in [6, 6.07) is 3.76. The van der Waals surface area contributed by atoms with Crippen molar-refractivity contribution in [2.75, 3.05) is 18.5 Å². The van der Waals surface area contributed by atoms with Crippen molar-refractivity contribution in [1.29, 1.82) is 0 Å². The normalized spacial score (nSPS) is 10.0. The number of hydrogen-bond donors (Lipinski definition) is 1. The van der Waals surface area contributed by atoms with Gasteiger partial charge in [0.05, 0.1) is 0 Å². The van der Waals surface area contributed by atoms with Gasteiger partial charge in [0.25, 0.3) is 0 Å². The van der Waals surface area contributed by atoms with Crippen molar-refractivity contribution in [3.05, 3.63) is 23.9 Å². The molecule has 1 aromatic rings. The van der Waals surface area contributed by atoms with E-state index in [1.165, 1.54) is 6.42 Å². The van der Waals surface area contributed by atoms with E-state index in [1.807, 2.05) is 19.2 Å². The Bertz CT molecular complexity index is 338. The number of thiocarbonyl (C=S) groups is 1. The number of aromatic nitrogens is 1. The Balaban J connectivity index is 2.76. The van der Waals surface area contributed by atoms with Crippen LogP contribution in [0.25, 0.3) is 0 Å². The Labute approximate surface area is 96.3 Å². The summed E-state index contributed by atoms with van der Waals surface area (Å²) in [4.78, 5) is 6.82. The van der Waals surface area contributed by atoms with Gasteiger partial charge in [-0.1, -0.05) is 25.6 Å². The highest BCUT2D eigenvalue weighted by molar-refractivity contribution is 7.80. The van der Waals surface area contributed by atoms with Crippen LogP contribution in [0.3, 0.4) is 0 Å². The molecule has 0 aliphatic heterocycles. The SMILES string of the molecule is CCCCN(C)c1cc(C(N)=S)ccn1. The van der Waals surface area contributed by atoms with Gasteiger partial charge in [-0.3, -0.25) is 0 Å². The maximum absolute atomic E-state index is 5.57. The van der Waals surface area contributed by atoms with E-state index in [2.05, 4.69) is 16.8 Å². The monoisotopic (exact) mass is 223 g/mol. The lowest BCUT2D eigenvalue weighted by atomic mass is 10.2. The zero-order valence-corrected chi connectivity index (χ0v) is 10.0. The van der Waals surface area contributed by atoms with Crippen molar-refractivity contribution in [3.8, 4) is 0 Å². The number of hydrogen-bond acceptors (Lipinski definition) is 3. The summed E-state index contributed by atoms with van der Waals surface area (Å²) in [6.07, 6.45) is 4.08. The Morgan fingerprint density at radius 1 is 1.60 bits per heavy atom. The lowest BCUT2D eigenvalue weighted by molar-refractivity contribution is 0.759. The second-order valence-corrected chi connectivity index (χ2v) is 3.98. The smallest absolute Gasteiger partial charge is 0.128 e. The number of anilines is 1. The largest absolute Gasteiger partial charge is 0.389 e. The van der Waals surface area contributed by atoms with Crippen molar-refractivity contribution >= 4 is 23.0 Å². The minimum atomic E-state index is 0.419. The minimum absolute atomic E-state index is 0.419. The van der Waals surface area contributed by atoms with E-state index in [4.69, 9.17) is 18.0 Å². The molecule has 2 N–H and O–H groups in total. The molecule has 0 aromatic carbocycles. The molecular weight excluding hydrogens is 206 g/mol. The predicted molar refractivity (Wildman–Crippen MR) is 68.3 cm³/mol. The van der Waals surface area contributed by atoms with Crippen molar-refractivity contribution in [1.82, 2.24) is 4.98 Å². The molecule has 0 amide bonds. The molecule has 0 fully saturated rings. The Kier molecular flexibility index (Phi) is 4.49. The van der Waals surface area contributed by atoms with E-state index in [9.17, 15) is 0 Å². The molecule has 15 heavy (non-hydrogen) atoms. The molecule has 4 heteroatoms. The highest BCUT2D eigenvalue weighted by atomic mass is 32.1. The molecule has 1 aromatic heterocycles. The van der Waals surface area contributed by atoms with Crippen LogP contribution in [0.1, 0.15) is 25.3 Å². The van der Waals surface area contributed by atoms with Gasteiger partial charge in [-0.15, -0.1) is 0 Å². The lowest BCUT2D eigenvalue weighted by Crippen LogP contribution is -2.20. The topological polar surface area (TPSA) is 42.1 Å². The molecule has 0 radical (unpaired) electrons. The van der Waals surface area contributed by atoms with Gasteiger partial charge in [0, 0.05) is 25.4 Å². The summed E-state index contributed by atoms with van der Waals surface area (Å²) < 4.78 is 0. The van der Waals surface area contributed by atoms with Crippen LogP contribution in [-0.2, 0) is 0 Å². The van der Waals surface area contributed by atoms with Gasteiger partial charge in [-0.05, 0) is 18.6 Å². The van der Waals surface area contributed by atoms with Crippen molar-refractivity contribution in [2.45, 2.75) is 19.8 Å². The molecule has 0 bridgehead atoms. The Hall–Kier alpha value is -1.16. The zero-order chi connectivity index (χ0) is 11.3. The average Bonchev–Trinajstić information content (AvgIpc) is 2.26.